The van der Waals surface area contributed by atoms with E-state index >= 15 is 0 Å². The van der Waals surface area contributed by atoms with Crippen LogP contribution in [0.5, 0.6) is 5.75 Å². The van der Waals surface area contributed by atoms with Crippen molar-refractivity contribution in [3.05, 3.63) is 92.5 Å². The summed E-state index contributed by atoms with van der Waals surface area (Å²) in [5, 5.41) is 31.3. The molecular weight excluding hydrogens is 382 g/mol. The summed E-state index contributed by atoms with van der Waals surface area (Å²) in [6.45, 7) is 0. The number of non-ortho nitro benzene ring substituents is 2. The SMILES string of the molecule is O=[N+]([O-])c1ccc(Sc2ccc(N=Cc3cc([N+](=O)[O-])ccc3O)cc2)cc1. The van der Waals surface area contributed by atoms with Gasteiger partial charge in [-0.15, -0.1) is 0 Å². The molecule has 0 spiro atoms. The number of rotatable bonds is 6. The number of phenols is 1. The molecule has 0 heterocycles. The van der Waals surface area contributed by atoms with Gasteiger partial charge in [0, 0.05) is 45.8 Å². The second-order valence-electron chi connectivity index (χ2n) is 5.61. The molecular formula is C19H13N3O5S. The van der Waals surface area contributed by atoms with Crippen LogP contribution in [0.3, 0.4) is 0 Å². The Labute approximate surface area is 163 Å². The summed E-state index contributed by atoms with van der Waals surface area (Å²) in [6, 6.07) is 17.2. The summed E-state index contributed by atoms with van der Waals surface area (Å²) in [4.78, 5) is 26.5. The maximum atomic E-state index is 10.8. The zero-order valence-corrected chi connectivity index (χ0v) is 15.1. The molecule has 0 amide bonds. The van der Waals surface area contributed by atoms with E-state index in [2.05, 4.69) is 4.99 Å². The first kappa shape index (κ1) is 19.1. The third-order valence-electron chi connectivity index (χ3n) is 3.69. The molecule has 0 radical (unpaired) electrons. The molecule has 0 saturated heterocycles. The Morgan fingerprint density at radius 3 is 1.93 bits per heavy atom. The lowest BCUT2D eigenvalue weighted by Gasteiger charge is -2.02. The van der Waals surface area contributed by atoms with Crippen LogP contribution in [0.15, 0.2) is 81.5 Å². The number of nitro benzene ring substituents is 2. The second kappa shape index (κ2) is 8.31. The Balaban J connectivity index is 1.71. The van der Waals surface area contributed by atoms with E-state index in [9.17, 15) is 25.3 Å². The van der Waals surface area contributed by atoms with E-state index in [1.807, 2.05) is 12.1 Å². The molecule has 0 atom stereocenters. The van der Waals surface area contributed by atoms with Gasteiger partial charge in [-0.1, -0.05) is 11.8 Å². The van der Waals surface area contributed by atoms with Gasteiger partial charge in [0.2, 0.25) is 0 Å². The number of aromatic hydroxyl groups is 1. The van der Waals surface area contributed by atoms with E-state index in [1.54, 1.807) is 24.3 Å². The Hall–Kier alpha value is -3.72. The Bertz CT molecular complexity index is 1050. The number of nitrogens with zero attached hydrogens (tertiary/aromatic N) is 3. The average molecular weight is 395 g/mol. The summed E-state index contributed by atoms with van der Waals surface area (Å²) in [5.74, 6) is -0.0975. The minimum atomic E-state index is -0.541. The quantitative estimate of drug-likeness (QED) is 0.352. The van der Waals surface area contributed by atoms with E-state index in [1.165, 1.54) is 48.3 Å². The van der Waals surface area contributed by atoms with Crippen LogP contribution in [0, 0.1) is 20.2 Å². The largest absolute Gasteiger partial charge is 0.507 e. The molecule has 3 aromatic rings. The first-order chi connectivity index (χ1) is 13.4. The van der Waals surface area contributed by atoms with Gasteiger partial charge < -0.3 is 5.11 Å². The minimum absolute atomic E-state index is 0.0402. The maximum Gasteiger partial charge on any atom is 0.270 e. The van der Waals surface area contributed by atoms with Gasteiger partial charge in [0.25, 0.3) is 11.4 Å². The van der Waals surface area contributed by atoms with Crippen molar-refractivity contribution in [2.75, 3.05) is 0 Å². The lowest BCUT2D eigenvalue weighted by Crippen LogP contribution is -1.90. The van der Waals surface area contributed by atoms with Crippen LogP contribution in [0.2, 0.25) is 0 Å². The fraction of sp³-hybridized carbons (Fsp3) is 0. The Kier molecular flexibility index (Phi) is 5.66. The van der Waals surface area contributed by atoms with E-state index in [0.29, 0.717) is 5.69 Å². The van der Waals surface area contributed by atoms with Crippen LogP contribution < -0.4 is 0 Å². The van der Waals surface area contributed by atoms with Crippen molar-refractivity contribution in [1.82, 2.24) is 0 Å². The van der Waals surface area contributed by atoms with E-state index in [0.717, 1.165) is 9.79 Å². The molecule has 28 heavy (non-hydrogen) atoms. The molecule has 0 saturated carbocycles. The van der Waals surface area contributed by atoms with Crippen molar-refractivity contribution in [3.63, 3.8) is 0 Å². The number of hydrogen-bond donors (Lipinski definition) is 1. The molecule has 0 bridgehead atoms. The van der Waals surface area contributed by atoms with Gasteiger partial charge in [-0.25, -0.2) is 0 Å². The highest BCUT2D eigenvalue weighted by Gasteiger charge is 2.09. The number of phenolic OH excluding ortho intramolecular Hbond substituents is 1. The van der Waals surface area contributed by atoms with Crippen LogP contribution in [0.25, 0.3) is 0 Å². The fourth-order valence-electron chi connectivity index (χ4n) is 2.28. The average Bonchev–Trinajstić information content (AvgIpc) is 2.68. The standard InChI is InChI=1S/C19H13N3O5S/c23-19-10-5-16(22(26)27)11-13(19)12-20-14-1-6-17(7-2-14)28-18-8-3-15(4-9-18)21(24)25/h1-12,23H. The van der Waals surface area contributed by atoms with Gasteiger partial charge in [-0.2, -0.15) is 0 Å². The normalized spacial score (nSPS) is 10.9. The van der Waals surface area contributed by atoms with E-state index < -0.39 is 9.85 Å². The minimum Gasteiger partial charge on any atom is -0.507 e. The van der Waals surface area contributed by atoms with Crippen LogP contribution >= 0.6 is 11.8 Å². The molecule has 1 N–H and O–H groups in total. The van der Waals surface area contributed by atoms with Crippen molar-refractivity contribution < 1.29 is 15.0 Å². The number of hydrogen-bond acceptors (Lipinski definition) is 7. The molecule has 8 nitrogen and oxygen atoms in total. The predicted octanol–water partition coefficient (Wildman–Crippen LogP) is 5.11. The molecule has 140 valence electrons. The van der Waals surface area contributed by atoms with Crippen LogP contribution in [-0.2, 0) is 0 Å². The second-order valence-corrected chi connectivity index (χ2v) is 6.75. The van der Waals surface area contributed by atoms with Gasteiger partial charge in [0.15, 0.2) is 0 Å². The molecule has 9 heteroatoms. The lowest BCUT2D eigenvalue weighted by atomic mass is 10.2. The molecule has 0 unspecified atom stereocenters. The summed E-state index contributed by atoms with van der Waals surface area (Å²) in [7, 11) is 0. The highest BCUT2D eigenvalue weighted by atomic mass is 32.2. The predicted molar refractivity (Wildman–Crippen MR) is 106 cm³/mol. The lowest BCUT2D eigenvalue weighted by molar-refractivity contribution is -0.385. The topological polar surface area (TPSA) is 119 Å². The zero-order chi connectivity index (χ0) is 20.1. The number of benzene rings is 3. The highest BCUT2D eigenvalue weighted by Crippen LogP contribution is 2.30. The fourth-order valence-corrected chi connectivity index (χ4v) is 3.09. The van der Waals surface area contributed by atoms with Crippen molar-refractivity contribution in [2.45, 2.75) is 9.79 Å². The smallest absolute Gasteiger partial charge is 0.270 e. The van der Waals surface area contributed by atoms with Gasteiger partial charge in [-0.05, 0) is 42.5 Å². The third-order valence-corrected chi connectivity index (χ3v) is 4.71. The molecule has 0 fully saturated rings. The van der Waals surface area contributed by atoms with Crippen LogP contribution in [0.1, 0.15) is 5.56 Å². The first-order valence-electron chi connectivity index (χ1n) is 7.96. The van der Waals surface area contributed by atoms with Crippen molar-refractivity contribution in [3.8, 4) is 5.75 Å². The summed E-state index contributed by atoms with van der Waals surface area (Å²) >= 11 is 1.45. The number of nitro groups is 2. The highest BCUT2D eigenvalue weighted by molar-refractivity contribution is 7.99. The number of aliphatic imine (C=N–C) groups is 1. The summed E-state index contributed by atoms with van der Waals surface area (Å²) in [6.07, 6.45) is 1.36. The van der Waals surface area contributed by atoms with E-state index in [-0.39, 0.29) is 22.7 Å². The van der Waals surface area contributed by atoms with Crippen LogP contribution in [-0.4, -0.2) is 21.2 Å². The van der Waals surface area contributed by atoms with Crippen molar-refractivity contribution >= 4 is 35.0 Å². The summed E-state index contributed by atoms with van der Waals surface area (Å²) in [5.41, 5.74) is 0.769. The van der Waals surface area contributed by atoms with Crippen molar-refractivity contribution in [2.24, 2.45) is 4.99 Å². The monoisotopic (exact) mass is 395 g/mol. The zero-order valence-electron chi connectivity index (χ0n) is 14.3. The van der Waals surface area contributed by atoms with Crippen LogP contribution in [0.4, 0.5) is 17.1 Å². The third kappa shape index (κ3) is 4.71. The molecule has 0 aliphatic heterocycles. The van der Waals surface area contributed by atoms with Gasteiger partial charge in [0.05, 0.1) is 15.5 Å². The Morgan fingerprint density at radius 1 is 0.821 bits per heavy atom. The molecule has 0 aliphatic rings. The molecule has 0 aromatic heterocycles. The molecule has 3 rings (SSSR count). The summed E-state index contributed by atoms with van der Waals surface area (Å²) < 4.78 is 0. The van der Waals surface area contributed by atoms with Gasteiger partial charge in [0.1, 0.15) is 5.75 Å². The molecule has 3 aromatic carbocycles. The van der Waals surface area contributed by atoms with Gasteiger partial charge >= 0.3 is 0 Å². The maximum absolute atomic E-state index is 10.8. The van der Waals surface area contributed by atoms with Crippen molar-refractivity contribution in [1.29, 1.82) is 0 Å². The van der Waals surface area contributed by atoms with E-state index in [4.69, 9.17) is 0 Å². The Morgan fingerprint density at radius 2 is 1.36 bits per heavy atom. The first-order valence-corrected chi connectivity index (χ1v) is 8.78. The van der Waals surface area contributed by atoms with Gasteiger partial charge in [-0.3, -0.25) is 25.2 Å². The molecule has 0 aliphatic carbocycles.